The molecule has 8 heteroatoms. The van der Waals surface area contributed by atoms with Crippen LogP contribution in [0.25, 0.3) is 0 Å². The second-order valence-electron chi connectivity index (χ2n) is 6.29. The highest BCUT2D eigenvalue weighted by atomic mass is 32.2. The molecule has 7 nitrogen and oxygen atoms in total. The molecule has 1 saturated heterocycles. The van der Waals surface area contributed by atoms with Gasteiger partial charge in [-0.2, -0.15) is 4.31 Å². The zero-order valence-electron chi connectivity index (χ0n) is 14.4. The van der Waals surface area contributed by atoms with Gasteiger partial charge in [-0.1, -0.05) is 17.7 Å². The SMILES string of the molecule is Cc1ccc(C(=O)N2CCCN(S(=O)(=O)c3cn(C)cn3)CC2)cc1. The van der Waals surface area contributed by atoms with Crippen molar-refractivity contribution in [3.05, 3.63) is 47.9 Å². The van der Waals surface area contributed by atoms with Crippen LogP contribution in [0.1, 0.15) is 22.3 Å². The van der Waals surface area contributed by atoms with Crippen LogP contribution in [0.4, 0.5) is 0 Å². The van der Waals surface area contributed by atoms with Crippen molar-refractivity contribution >= 4 is 15.9 Å². The van der Waals surface area contributed by atoms with E-state index in [0.29, 0.717) is 31.6 Å². The average Bonchev–Trinajstić information content (AvgIpc) is 2.88. The minimum absolute atomic E-state index is 0.0494. The van der Waals surface area contributed by atoms with Crippen molar-refractivity contribution in [1.29, 1.82) is 0 Å². The maximum atomic E-state index is 12.7. The van der Waals surface area contributed by atoms with Crippen molar-refractivity contribution in [3.8, 4) is 0 Å². The van der Waals surface area contributed by atoms with Crippen LogP contribution in [0.3, 0.4) is 0 Å². The molecule has 0 unspecified atom stereocenters. The van der Waals surface area contributed by atoms with Crippen molar-refractivity contribution in [2.45, 2.75) is 18.4 Å². The quantitative estimate of drug-likeness (QED) is 0.824. The van der Waals surface area contributed by atoms with E-state index in [1.54, 1.807) is 16.5 Å². The van der Waals surface area contributed by atoms with E-state index in [1.165, 1.54) is 16.8 Å². The van der Waals surface area contributed by atoms with E-state index in [1.807, 2.05) is 31.2 Å². The second kappa shape index (κ2) is 6.97. The van der Waals surface area contributed by atoms with Crippen molar-refractivity contribution < 1.29 is 13.2 Å². The molecule has 1 aliphatic rings. The van der Waals surface area contributed by atoms with Crippen LogP contribution >= 0.6 is 0 Å². The minimum Gasteiger partial charge on any atom is -0.339 e. The summed E-state index contributed by atoms with van der Waals surface area (Å²) in [5.41, 5.74) is 1.73. The Morgan fingerprint density at radius 2 is 1.80 bits per heavy atom. The number of amides is 1. The van der Waals surface area contributed by atoms with E-state index in [0.717, 1.165) is 5.56 Å². The number of benzene rings is 1. The van der Waals surface area contributed by atoms with Crippen LogP contribution in [-0.2, 0) is 17.1 Å². The van der Waals surface area contributed by atoms with Gasteiger partial charge < -0.3 is 9.47 Å². The van der Waals surface area contributed by atoms with E-state index in [-0.39, 0.29) is 17.5 Å². The number of aromatic nitrogens is 2. The highest BCUT2D eigenvalue weighted by Crippen LogP contribution is 2.17. The third-order valence-corrected chi connectivity index (χ3v) is 6.11. The summed E-state index contributed by atoms with van der Waals surface area (Å²) < 4.78 is 28.4. The third kappa shape index (κ3) is 3.74. The molecule has 2 heterocycles. The summed E-state index contributed by atoms with van der Waals surface area (Å²) in [6.45, 7) is 3.55. The Balaban J connectivity index is 1.72. The van der Waals surface area contributed by atoms with Gasteiger partial charge in [0.2, 0.25) is 0 Å². The van der Waals surface area contributed by atoms with Gasteiger partial charge in [-0.25, -0.2) is 13.4 Å². The highest BCUT2D eigenvalue weighted by Gasteiger charge is 2.30. The van der Waals surface area contributed by atoms with Crippen LogP contribution in [0.15, 0.2) is 41.8 Å². The van der Waals surface area contributed by atoms with Crippen molar-refractivity contribution in [2.24, 2.45) is 7.05 Å². The largest absolute Gasteiger partial charge is 0.339 e. The normalized spacial score (nSPS) is 16.6. The lowest BCUT2D eigenvalue weighted by Crippen LogP contribution is -2.37. The van der Waals surface area contributed by atoms with Crippen LogP contribution in [0, 0.1) is 6.92 Å². The molecule has 134 valence electrons. The first-order valence-corrected chi connectivity index (χ1v) is 9.66. The van der Waals surface area contributed by atoms with Gasteiger partial charge in [-0.05, 0) is 25.5 Å². The molecule has 1 aromatic carbocycles. The first-order valence-electron chi connectivity index (χ1n) is 8.22. The molecule has 0 N–H and O–H groups in total. The highest BCUT2D eigenvalue weighted by molar-refractivity contribution is 7.89. The zero-order valence-corrected chi connectivity index (χ0v) is 15.2. The first-order chi connectivity index (χ1) is 11.9. The molecular weight excluding hydrogens is 340 g/mol. The number of aryl methyl sites for hydroxylation is 2. The number of nitrogens with zero attached hydrogens (tertiary/aromatic N) is 4. The summed E-state index contributed by atoms with van der Waals surface area (Å²) in [5, 5.41) is 0.0494. The van der Waals surface area contributed by atoms with Crippen LogP contribution in [0.5, 0.6) is 0 Å². The van der Waals surface area contributed by atoms with E-state index in [2.05, 4.69) is 4.98 Å². The molecule has 2 aromatic rings. The number of carbonyl (C=O) groups excluding carboxylic acids is 1. The van der Waals surface area contributed by atoms with Gasteiger partial charge in [0.1, 0.15) is 0 Å². The third-order valence-electron chi connectivity index (χ3n) is 4.33. The Kier molecular flexibility index (Phi) is 4.91. The molecule has 1 fully saturated rings. The Morgan fingerprint density at radius 3 is 2.44 bits per heavy atom. The number of rotatable bonds is 3. The van der Waals surface area contributed by atoms with Crippen molar-refractivity contribution in [2.75, 3.05) is 26.2 Å². The summed E-state index contributed by atoms with van der Waals surface area (Å²) in [4.78, 5) is 18.3. The average molecular weight is 362 g/mol. The van der Waals surface area contributed by atoms with E-state index < -0.39 is 10.0 Å². The maximum absolute atomic E-state index is 12.7. The second-order valence-corrected chi connectivity index (χ2v) is 8.18. The fourth-order valence-corrected chi connectivity index (χ4v) is 4.31. The molecule has 0 bridgehead atoms. The monoisotopic (exact) mass is 362 g/mol. The van der Waals surface area contributed by atoms with Crippen molar-refractivity contribution in [3.63, 3.8) is 0 Å². The van der Waals surface area contributed by atoms with Gasteiger partial charge in [0, 0.05) is 45.0 Å². The number of hydrogen-bond acceptors (Lipinski definition) is 4. The Morgan fingerprint density at radius 1 is 1.08 bits per heavy atom. The lowest BCUT2D eigenvalue weighted by molar-refractivity contribution is 0.0764. The summed E-state index contributed by atoms with van der Waals surface area (Å²) in [7, 11) is -1.89. The van der Waals surface area contributed by atoms with Gasteiger partial charge in [0.15, 0.2) is 5.03 Å². The fraction of sp³-hybridized carbons (Fsp3) is 0.412. The number of carbonyl (C=O) groups is 1. The fourth-order valence-electron chi connectivity index (χ4n) is 2.87. The molecule has 1 aromatic heterocycles. The summed E-state index contributed by atoms with van der Waals surface area (Å²) in [6.07, 6.45) is 3.57. The lowest BCUT2D eigenvalue weighted by Gasteiger charge is -2.21. The molecule has 0 atom stereocenters. The zero-order chi connectivity index (χ0) is 18.0. The molecule has 25 heavy (non-hydrogen) atoms. The number of sulfonamides is 1. The van der Waals surface area contributed by atoms with E-state index >= 15 is 0 Å². The predicted molar refractivity (Wildman–Crippen MR) is 93.7 cm³/mol. The van der Waals surface area contributed by atoms with Gasteiger partial charge in [0.05, 0.1) is 6.33 Å². The number of imidazole rings is 1. The van der Waals surface area contributed by atoms with Gasteiger partial charge in [-0.15, -0.1) is 0 Å². The number of hydrogen-bond donors (Lipinski definition) is 0. The lowest BCUT2D eigenvalue weighted by atomic mass is 10.1. The molecule has 0 aliphatic carbocycles. The molecule has 0 spiro atoms. The molecule has 0 radical (unpaired) electrons. The summed E-state index contributed by atoms with van der Waals surface area (Å²) in [5.74, 6) is -0.0583. The summed E-state index contributed by atoms with van der Waals surface area (Å²) >= 11 is 0. The topological polar surface area (TPSA) is 75.5 Å². The van der Waals surface area contributed by atoms with Gasteiger partial charge in [0.25, 0.3) is 15.9 Å². The van der Waals surface area contributed by atoms with Crippen LogP contribution in [0.2, 0.25) is 0 Å². The standard InChI is InChI=1S/C17H22N4O3S/c1-14-4-6-15(7-5-14)17(22)20-8-3-9-21(11-10-20)25(23,24)16-12-19(2)13-18-16/h4-7,12-13H,3,8-11H2,1-2H3. The Labute approximate surface area is 147 Å². The Hall–Kier alpha value is -2.19. The maximum Gasteiger partial charge on any atom is 0.262 e. The smallest absolute Gasteiger partial charge is 0.262 e. The van der Waals surface area contributed by atoms with Gasteiger partial charge in [-0.3, -0.25) is 4.79 Å². The summed E-state index contributed by atoms with van der Waals surface area (Å²) in [6, 6.07) is 7.43. The predicted octanol–water partition coefficient (Wildman–Crippen LogP) is 1.27. The molecule has 1 aliphatic heterocycles. The van der Waals surface area contributed by atoms with Crippen molar-refractivity contribution in [1.82, 2.24) is 18.8 Å². The minimum atomic E-state index is -3.62. The van der Waals surface area contributed by atoms with E-state index in [9.17, 15) is 13.2 Å². The van der Waals surface area contributed by atoms with E-state index in [4.69, 9.17) is 0 Å². The molecule has 0 saturated carbocycles. The molecule has 3 rings (SSSR count). The Bertz CT molecular complexity index is 858. The molecule has 1 amide bonds. The van der Waals surface area contributed by atoms with Gasteiger partial charge >= 0.3 is 0 Å². The van der Waals surface area contributed by atoms with Crippen LogP contribution < -0.4 is 0 Å². The molecular formula is C17H22N4O3S. The first kappa shape index (κ1) is 17.6. The van der Waals surface area contributed by atoms with Crippen LogP contribution in [-0.4, -0.2) is 59.3 Å².